The summed E-state index contributed by atoms with van der Waals surface area (Å²) in [6.07, 6.45) is 0. The quantitative estimate of drug-likeness (QED) is 0.663. The Hall–Kier alpha value is -2.57. The molecule has 1 amide bonds. The Bertz CT molecular complexity index is 794. The van der Waals surface area contributed by atoms with Gasteiger partial charge in [0.05, 0.1) is 19.3 Å². The number of esters is 1. The van der Waals surface area contributed by atoms with Gasteiger partial charge in [0.25, 0.3) is 5.91 Å². The van der Waals surface area contributed by atoms with Gasteiger partial charge >= 0.3 is 5.97 Å². The topological polar surface area (TPSA) is 73.9 Å². The van der Waals surface area contributed by atoms with E-state index in [4.69, 9.17) is 25.8 Å². The van der Waals surface area contributed by atoms with Crippen molar-refractivity contribution < 1.29 is 23.8 Å². The fraction of sp³-hybridized carbons (Fsp3) is 0.300. The van der Waals surface area contributed by atoms with Crippen molar-refractivity contribution in [3.8, 4) is 5.75 Å². The third kappa shape index (κ3) is 6.27. The molecule has 0 aliphatic carbocycles. The number of hydrogen-bond acceptors (Lipinski definition) is 5. The van der Waals surface area contributed by atoms with Crippen molar-refractivity contribution >= 4 is 23.5 Å². The standard InChI is InChI=1S/C20H22ClNO5/c1-3-26-12-16-10-14(8-9-18(16)25-2)20(24)27-13-19(23)22-11-15-6-4-5-7-17(15)21/h4-10H,3,11-13H2,1-2H3,(H,22,23). The number of hydrogen-bond donors (Lipinski definition) is 1. The number of benzene rings is 2. The molecule has 0 aromatic heterocycles. The molecule has 0 bridgehead atoms. The van der Waals surface area contributed by atoms with E-state index in [1.807, 2.05) is 25.1 Å². The maximum Gasteiger partial charge on any atom is 0.338 e. The van der Waals surface area contributed by atoms with Crippen LogP contribution in [0, 0.1) is 0 Å². The molecule has 0 fully saturated rings. The van der Waals surface area contributed by atoms with Crippen LogP contribution in [0.5, 0.6) is 5.75 Å². The maximum atomic E-state index is 12.2. The van der Waals surface area contributed by atoms with Crippen LogP contribution in [0.1, 0.15) is 28.4 Å². The average molecular weight is 392 g/mol. The summed E-state index contributed by atoms with van der Waals surface area (Å²) in [5.74, 6) is -0.382. The van der Waals surface area contributed by atoms with E-state index in [9.17, 15) is 9.59 Å². The fourth-order valence-electron chi connectivity index (χ4n) is 2.33. The highest BCUT2D eigenvalue weighted by molar-refractivity contribution is 6.31. The van der Waals surface area contributed by atoms with E-state index in [1.54, 1.807) is 31.4 Å². The molecule has 2 rings (SSSR count). The van der Waals surface area contributed by atoms with E-state index in [-0.39, 0.29) is 13.2 Å². The molecule has 1 N–H and O–H groups in total. The molecular weight excluding hydrogens is 370 g/mol. The van der Waals surface area contributed by atoms with Gasteiger partial charge in [-0.2, -0.15) is 0 Å². The zero-order valence-corrected chi connectivity index (χ0v) is 16.0. The Morgan fingerprint density at radius 1 is 1.11 bits per heavy atom. The lowest BCUT2D eigenvalue weighted by atomic mass is 10.1. The molecule has 0 radical (unpaired) electrons. The largest absolute Gasteiger partial charge is 0.496 e. The molecule has 7 heteroatoms. The lowest BCUT2D eigenvalue weighted by molar-refractivity contribution is -0.124. The van der Waals surface area contributed by atoms with Crippen LogP contribution in [-0.2, 0) is 27.4 Å². The number of amides is 1. The van der Waals surface area contributed by atoms with Gasteiger partial charge in [0, 0.05) is 23.7 Å². The van der Waals surface area contributed by atoms with Crippen LogP contribution in [0.15, 0.2) is 42.5 Å². The lowest BCUT2D eigenvalue weighted by Crippen LogP contribution is -2.28. The van der Waals surface area contributed by atoms with Crippen LogP contribution in [0.4, 0.5) is 0 Å². The number of ether oxygens (including phenoxy) is 3. The van der Waals surface area contributed by atoms with Gasteiger partial charge in [0.2, 0.25) is 0 Å². The highest BCUT2D eigenvalue weighted by atomic mass is 35.5. The molecule has 0 spiro atoms. The molecule has 0 aliphatic heterocycles. The number of carbonyl (C=O) groups is 2. The molecule has 0 unspecified atom stereocenters. The Morgan fingerprint density at radius 2 is 1.89 bits per heavy atom. The summed E-state index contributed by atoms with van der Waals surface area (Å²) in [6.45, 7) is 2.63. The SMILES string of the molecule is CCOCc1cc(C(=O)OCC(=O)NCc2ccccc2Cl)ccc1OC. The van der Waals surface area contributed by atoms with Gasteiger partial charge in [0.15, 0.2) is 6.61 Å². The molecule has 0 saturated carbocycles. The van der Waals surface area contributed by atoms with Gasteiger partial charge in [-0.25, -0.2) is 4.79 Å². The number of rotatable bonds is 9. The van der Waals surface area contributed by atoms with E-state index in [2.05, 4.69) is 5.32 Å². The maximum absolute atomic E-state index is 12.2. The Labute approximate surface area is 163 Å². The molecule has 27 heavy (non-hydrogen) atoms. The summed E-state index contributed by atoms with van der Waals surface area (Å²) in [5, 5.41) is 3.23. The molecule has 0 saturated heterocycles. The van der Waals surface area contributed by atoms with Gasteiger partial charge in [-0.05, 0) is 36.8 Å². The number of halogens is 1. The minimum atomic E-state index is -0.594. The summed E-state index contributed by atoms with van der Waals surface area (Å²) in [7, 11) is 1.55. The second kappa shape index (κ2) is 10.5. The van der Waals surface area contributed by atoms with Crippen LogP contribution >= 0.6 is 11.6 Å². The van der Waals surface area contributed by atoms with Crippen molar-refractivity contribution in [2.45, 2.75) is 20.1 Å². The first-order valence-corrected chi connectivity index (χ1v) is 8.84. The molecule has 0 heterocycles. The van der Waals surface area contributed by atoms with Crippen LogP contribution < -0.4 is 10.1 Å². The Kier molecular flexibility index (Phi) is 8.10. The molecule has 6 nitrogen and oxygen atoms in total. The van der Waals surface area contributed by atoms with Crippen LogP contribution in [0.2, 0.25) is 5.02 Å². The molecule has 144 valence electrons. The molecule has 0 aliphatic rings. The van der Waals surface area contributed by atoms with Crippen molar-refractivity contribution in [2.24, 2.45) is 0 Å². The molecule has 0 atom stereocenters. The van der Waals surface area contributed by atoms with Crippen molar-refractivity contribution in [1.82, 2.24) is 5.32 Å². The zero-order valence-electron chi connectivity index (χ0n) is 15.3. The van der Waals surface area contributed by atoms with Gasteiger partial charge in [-0.1, -0.05) is 29.8 Å². The lowest BCUT2D eigenvalue weighted by Gasteiger charge is -2.11. The highest BCUT2D eigenvalue weighted by Crippen LogP contribution is 2.21. The Morgan fingerprint density at radius 3 is 2.59 bits per heavy atom. The van der Waals surface area contributed by atoms with Crippen molar-refractivity contribution in [2.75, 3.05) is 20.3 Å². The zero-order chi connectivity index (χ0) is 19.6. The average Bonchev–Trinajstić information content (AvgIpc) is 2.69. The molecular formula is C20H22ClNO5. The van der Waals surface area contributed by atoms with Gasteiger partial charge in [-0.3, -0.25) is 4.79 Å². The van der Waals surface area contributed by atoms with E-state index < -0.39 is 11.9 Å². The van der Waals surface area contributed by atoms with E-state index in [0.717, 1.165) is 11.1 Å². The fourth-order valence-corrected chi connectivity index (χ4v) is 2.53. The van der Waals surface area contributed by atoms with Crippen molar-refractivity contribution in [3.05, 3.63) is 64.2 Å². The minimum Gasteiger partial charge on any atom is -0.496 e. The monoisotopic (exact) mass is 391 g/mol. The normalized spacial score (nSPS) is 10.3. The van der Waals surface area contributed by atoms with Crippen LogP contribution in [0.25, 0.3) is 0 Å². The smallest absolute Gasteiger partial charge is 0.338 e. The summed E-state index contributed by atoms with van der Waals surface area (Å²) < 4.78 is 15.7. The molecule has 2 aromatic rings. The van der Waals surface area contributed by atoms with Crippen molar-refractivity contribution in [1.29, 1.82) is 0 Å². The third-order valence-corrected chi connectivity index (χ3v) is 4.11. The van der Waals surface area contributed by atoms with Gasteiger partial charge in [-0.15, -0.1) is 0 Å². The third-order valence-electron chi connectivity index (χ3n) is 3.75. The summed E-state index contributed by atoms with van der Waals surface area (Å²) in [4.78, 5) is 24.1. The minimum absolute atomic E-state index is 0.261. The first kappa shape index (κ1) is 20.7. The number of carbonyl (C=O) groups excluding carboxylic acids is 2. The second-order valence-electron chi connectivity index (χ2n) is 5.61. The van der Waals surface area contributed by atoms with E-state index in [0.29, 0.717) is 29.5 Å². The Balaban J connectivity index is 1.89. The second-order valence-corrected chi connectivity index (χ2v) is 6.02. The molecule has 2 aromatic carbocycles. The van der Waals surface area contributed by atoms with Crippen LogP contribution in [-0.4, -0.2) is 32.2 Å². The predicted molar refractivity (Wildman–Crippen MR) is 102 cm³/mol. The van der Waals surface area contributed by atoms with Gasteiger partial charge < -0.3 is 19.5 Å². The summed E-state index contributed by atoms with van der Waals surface area (Å²) in [6, 6.07) is 12.1. The first-order valence-electron chi connectivity index (χ1n) is 8.47. The highest BCUT2D eigenvalue weighted by Gasteiger charge is 2.13. The number of nitrogens with one attached hydrogen (secondary N) is 1. The first-order chi connectivity index (χ1) is 13.0. The van der Waals surface area contributed by atoms with Crippen LogP contribution in [0.3, 0.4) is 0 Å². The number of methoxy groups -OCH3 is 1. The van der Waals surface area contributed by atoms with E-state index >= 15 is 0 Å². The van der Waals surface area contributed by atoms with Crippen molar-refractivity contribution in [3.63, 3.8) is 0 Å². The van der Waals surface area contributed by atoms with Gasteiger partial charge in [0.1, 0.15) is 5.75 Å². The summed E-state index contributed by atoms with van der Waals surface area (Å²) in [5.41, 5.74) is 1.84. The summed E-state index contributed by atoms with van der Waals surface area (Å²) >= 11 is 6.03. The predicted octanol–water partition coefficient (Wildman–Crippen LogP) is 3.36. The van der Waals surface area contributed by atoms with E-state index in [1.165, 1.54) is 0 Å².